The van der Waals surface area contributed by atoms with Crippen LogP contribution in [-0.2, 0) is 0 Å². The molecule has 0 aliphatic heterocycles. The number of hydrogen-bond donors (Lipinski definition) is 2. The zero-order valence-corrected chi connectivity index (χ0v) is 8.65. The van der Waals surface area contributed by atoms with Gasteiger partial charge in [0.2, 0.25) is 5.95 Å². The van der Waals surface area contributed by atoms with E-state index in [4.69, 9.17) is 0 Å². The fourth-order valence-electron chi connectivity index (χ4n) is 0.890. The van der Waals surface area contributed by atoms with Crippen LogP contribution in [0.5, 0.6) is 0 Å². The standard InChI is InChI=1S/C8H9F5N4/c1-14-7-15-2-4(9)5(17-7)16-3-8(12,13)6(10)11/h2,6H,3H2,1H3,(H2,14,15,16,17). The van der Waals surface area contributed by atoms with Crippen molar-refractivity contribution >= 4 is 11.8 Å². The van der Waals surface area contributed by atoms with Gasteiger partial charge in [-0.1, -0.05) is 0 Å². The normalized spacial score (nSPS) is 11.7. The summed E-state index contributed by atoms with van der Waals surface area (Å²) in [6, 6.07) is 0. The van der Waals surface area contributed by atoms with Gasteiger partial charge in [0.05, 0.1) is 12.7 Å². The van der Waals surface area contributed by atoms with Gasteiger partial charge in [-0.05, 0) is 0 Å². The van der Waals surface area contributed by atoms with E-state index in [0.717, 1.165) is 6.20 Å². The van der Waals surface area contributed by atoms with Crippen LogP contribution < -0.4 is 10.6 Å². The van der Waals surface area contributed by atoms with Crippen LogP contribution in [0.3, 0.4) is 0 Å². The van der Waals surface area contributed by atoms with Gasteiger partial charge in [0, 0.05) is 7.05 Å². The molecule has 17 heavy (non-hydrogen) atoms. The number of anilines is 2. The van der Waals surface area contributed by atoms with Crippen LogP contribution in [0.1, 0.15) is 0 Å². The maximum absolute atomic E-state index is 13.0. The van der Waals surface area contributed by atoms with E-state index in [2.05, 4.69) is 15.3 Å². The highest BCUT2D eigenvalue weighted by molar-refractivity contribution is 5.40. The highest BCUT2D eigenvalue weighted by atomic mass is 19.3. The van der Waals surface area contributed by atoms with Crippen molar-refractivity contribution in [3.05, 3.63) is 12.0 Å². The quantitative estimate of drug-likeness (QED) is 0.791. The summed E-state index contributed by atoms with van der Waals surface area (Å²) >= 11 is 0. The van der Waals surface area contributed by atoms with Gasteiger partial charge in [-0.3, -0.25) is 0 Å². The van der Waals surface area contributed by atoms with Crippen LogP contribution in [0, 0.1) is 5.82 Å². The van der Waals surface area contributed by atoms with Gasteiger partial charge in [-0.15, -0.1) is 0 Å². The summed E-state index contributed by atoms with van der Waals surface area (Å²) in [5, 5.41) is 4.26. The highest BCUT2D eigenvalue weighted by Gasteiger charge is 2.40. The zero-order chi connectivity index (χ0) is 13.1. The molecule has 96 valence electrons. The smallest absolute Gasteiger partial charge is 0.324 e. The van der Waals surface area contributed by atoms with Crippen molar-refractivity contribution < 1.29 is 22.0 Å². The minimum Gasteiger partial charge on any atom is -0.361 e. The SMILES string of the molecule is CNc1ncc(F)c(NCC(F)(F)C(F)F)n1. The van der Waals surface area contributed by atoms with E-state index < -0.39 is 30.5 Å². The number of halogens is 5. The number of alkyl halides is 4. The van der Waals surface area contributed by atoms with Crippen molar-refractivity contribution in [3.63, 3.8) is 0 Å². The molecule has 1 rings (SSSR count). The number of rotatable bonds is 5. The number of nitrogens with one attached hydrogen (secondary N) is 2. The summed E-state index contributed by atoms with van der Waals surface area (Å²) in [7, 11) is 1.44. The predicted octanol–water partition coefficient (Wildman–Crippen LogP) is 1.97. The Bertz CT molecular complexity index is 384. The molecule has 1 heterocycles. The van der Waals surface area contributed by atoms with Crippen molar-refractivity contribution in [1.82, 2.24) is 9.97 Å². The maximum atomic E-state index is 13.0. The molecule has 0 fully saturated rings. The molecule has 1 aromatic heterocycles. The average Bonchev–Trinajstić information content (AvgIpc) is 2.28. The summed E-state index contributed by atoms with van der Waals surface area (Å²) in [5.41, 5.74) is 0. The van der Waals surface area contributed by atoms with Gasteiger partial charge in [0.1, 0.15) is 0 Å². The Morgan fingerprint density at radius 3 is 2.59 bits per heavy atom. The van der Waals surface area contributed by atoms with E-state index >= 15 is 0 Å². The van der Waals surface area contributed by atoms with Crippen LogP contribution in [-0.4, -0.2) is 35.9 Å². The molecule has 0 bridgehead atoms. The van der Waals surface area contributed by atoms with E-state index in [1.807, 2.05) is 5.32 Å². The van der Waals surface area contributed by atoms with Gasteiger partial charge in [-0.25, -0.2) is 18.2 Å². The Kier molecular flexibility index (Phi) is 4.02. The molecule has 0 atom stereocenters. The average molecular weight is 256 g/mol. The zero-order valence-electron chi connectivity index (χ0n) is 8.65. The second kappa shape index (κ2) is 5.11. The van der Waals surface area contributed by atoms with E-state index in [1.165, 1.54) is 7.05 Å². The molecule has 0 amide bonds. The van der Waals surface area contributed by atoms with Crippen molar-refractivity contribution in [1.29, 1.82) is 0 Å². The molecule has 2 N–H and O–H groups in total. The van der Waals surface area contributed by atoms with Crippen LogP contribution in [0.15, 0.2) is 6.20 Å². The fraction of sp³-hybridized carbons (Fsp3) is 0.500. The number of hydrogen-bond acceptors (Lipinski definition) is 4. The third-order valence-electron chi connectivity index (χ3n) is 1.78. The molecule has 9 heteroatoms. The number of nitrogens with zero attached hydrogens (tertiary/aromatic N) is 2. The summed E-state index contributed by atoms with van der Waals surface area (Å²) in [6.07, 6.45) is -3.09. The molecule has 0 saturated carbocycles. The lowest BCUT2D eigenvalue weighted by atomic mass is 10.3. The topological polar surface area (TPSA) is 49.8 Å². The first-order valence-electron chi connectivity index (χ1n) is 4.47. The number of aromatic nitrogens is 2. The first kappa shape index (κ1) is 13.4. The lowest BCUT2D eigenvalue weighted by Gasteiger charge is -2.16. The highest BCUT2D eigenvalue weighted by Crippen LogP contribution is 2.23. The van der Waals surface area contributed by atoms with Crippen molar-refractivity contribution in [2.75, 3.05) is 24.2 Å². The van der Waals surface area contributed by atoms with Crippen molar-refractivity contribution in [3.8, 4) is 0 Å². The van der Waals surface area contributed by atoms with Crippen LogP contribution in [0.25, 0.3) is 0 Å². The Labute approximate surface area is 93.3 Å². The summed E-state index contributed by atoms with van der Waals surface area (Å²) in [5.74, 6) is -5.84. The molecule has 0 aliphatic rings. The van der Waals surface area contributed by atoms with Crippen LogP contribution >= 0.6 is 0 Å². The van der Waals surface area contributed by atoms with Crippen molar-refractivity contribution in [2.45, 2.75) is 12.3 Å². The van der Waals surface area contributed by atoms with E-state index in [-0.39, 0.29) is 5.95 Å². The third-order valence-corrected chi connectivity index (χ3v) is 1.78. The summed E-state index contributed by atoms with van der Waals surface area (Å²) in [6.45, 7) is -1.41. The van der Waals surface area contributed by atoms with Gasteiger partial charge in [0.25, 0.3) is 0 Å². The Morgan fingerprint density at radius 2 is 2.06 bits per heavy atom. The molecule has 4 nitrogen and oxygen atoms in total. The van der Waals surface area contributed by atoms with Gasteiger partial charge < -0.3 is 10.6 Å². The van der Waals surface area contributed by atoms with Crippen LogP contribution in [0.2, 0.25) is 0 Å². The Balaban J connectivity index is 2.75. The predicted molar refractivity (Wildman–Crippen MR) is 51.0 cm³/mol. The van der Waals surface area contributed by atoms with Crippen LogP contribution in [0.4, 0.5) is 33.7 Å². The summed E-state index contributed by atoms with van der Waals surface area (Å²) < 4.78 is 61.8. The van der Waals surface area contributed by atoms with E-state index in [0.29, 0.717) is 0 Å². The molecular weight excluding hydrogens is 247 g/mol. The second-order valence-corrected chi connectivity index (χ2v) is 3.06. The van der Waals surface area contributed by atoms with Gasteiger partial charge >= 0.3 is 12.3 Å². The van der Waals surface area contributed by atoms with Crippen molar-refractivity contribution in [2.24, 2.45) is 0 Å². The molecule has 0 unspecified atom stereocenters. The molecule has 0 aromatic carbocycles. The molecular formula is C8H9F5N4. The lowest BCUT2D eigenvalue weighted by molar-refractivity contribution is -0.117. The largest absolute Gasteiger partial charge is 0.361 e. The molecule has 0 spiro atoms. The first-order chi connectivity index (χ1) is 7.86. The van der Waals surface area contributed by atoms with Gasteiger partial charge in [0.15, 0.2) is 11.6 Å². The van der Waals surface area contributed by atoms with Gasteiger partial charge in [-0.2, -0.15) is 13.8 Å². The molecule has 0 aliphatic carbocycles. The monoisotopic (exact) mass is 256 g/mol. The molecule has 1 aromatic rings. The summed E-state index contributed by atoms with van der Waals surface area (Å²) in [4.78, 5) is 6.93. The Hall–Kier alpha value is -1.67. The molecule has 0 radical (unpaired) electrons. The van der Waals surface area contributed by atoms with E-state index in [9.17, 15) is 22.0 Å². The minimum atomic E-state index is -4.25. The molecule has 0 saturated heterocycles. The fourth-order valence-corrected chi connectivity index (χ4v) is 0.890. The Morgan fingerprint density at radius 1 is 1.41 bits per heavy atom. The maximum Gasteiger partial charge on any atom is 0.324 e. The second-order valence-electron chi connectivity index (χ2n) is 3.06. The third kappa shape index (κ3) is 3.40. The lowest BCUT2D eigenvalue weighted by Crippen LogP contribution is -2.35. The minimum absolute atomic E-state index is 0.0192. The van der Waals surface area contributed by atoms with E-state index in [1.54, 1.807) is 0 Å². The first-order valence-corrected chi connectivity index (χ1v) is 4.47.